The highest BCUT2D eigenvalue weighted by atomic mass is 16.5. The lowest BCUT2D eigenvalue weighted by atomic mass is 10.0. The van der Waals surface area contributed by atoms with E-state index in [0.29, 0.717) is 5.56 Å². The standard InChI is InChI=1S/C15H21NO3/c1-5-11-6-8-12(9-7-11)14(17)16-13(10(2)3)15(18)19-4/h6-10,13H,5H2,1-4H3,(H,16,17). The summed E-state index contributed by atoms with van der Waals surface area (Å²) < 4.78 is 4.69. The Morgan fingerprint density at radius 1 is 1.21 bits per heavy atom. The molecule has 1 atom stereocenters. The van der Waals surface area contributed by atoms with E-state index in [1.807, 2.05) is 26.0 Å². The monoisotopic (exact) mass is 263 g/mol. The molecular formula is C15H21NO3. The highest BCUT2D eigenvalue weighted by Crippen LogP contribution is 2.08. The van der Waals surface area contributed by atoms with Crippen LogP contribution in [0.1, 0.15) is 36.7 Å². The Hall–Kier alpha value is -1.84. The van der Waals surface area contributed by atoms with Crippen molar-refractivity contribution in [2.75, 3.05) is 7.11 Å². The van der Waals surface area contributed by atoms with E-state index in [9.17, 15) is 9.59 Å². The third-order valence-electron chi connectivity index (χ3n) is 3.03. The van der Waals surface area contributed by atoms with Crippen molar-refractivity contribution in [3.05, 3.63) is 35.4 Å². The molecule has 0 saturated heterocycles. The predicted octanol–water partition coefficient (Wildman–Crippen LogP) is 2.18. The van der Waals surface area contributed by atoms with Crippen LogP contribution >= 0.6 is 0 Å². The van der Waals surface area contributed by atoms with Crippen LogP contribution < -0.4 is 5.32 Å². The number of aryl methyl sites for hydroxylation is 1. The van der Waals surface area contributed by atoms with Crippen LogP contribution in [0.25, 0.3) is 0 Å². The number of ether oxygens (including phenoxy) is 1. The first-order valence-corrected chi connectivity index (χ1v) is 6.47. The van der Waals surface area contributed by atoms with Gasteiger partial charge in [0, 0.05) is 5.56 Å². The van der Waals surface area contributed by atoms with Crippen molar-refractivity contribution in [1.29, 1.82) is 0 Å². The lowest BCUT2D eigenvalue weighted by molar-refractivity contribution is -0.144. The summed E-state index contributed by atoms with van der Waals surface area (Å²) in [6.07, 6.45) is 0.929. The fraction of sp³-hybridized carbons (Fsp3) is 0.467. The number of carbonyl (C=O) groups is 2. The van der Waals surface area contributed by atoms with E-state index in [1.165, 1.54) is 12.7 Å². The molecule has 1 rings (SSSR count). The average Bonchev–Trinajstić information content (AvgIpc) is 2.43. The second-order valence-electron chi connectivity index (χ2n) is 4.77. The number of hydrogen-bond acceptors (Lipinski definition) is 3. The van der Waals surface area contributed by atoms with Gasteiger partial charge in [0.05, 0.1) is 7.11 Å². The molecule has 1 amide bonds. The fourth-order valence-corrected chi connectivity index (χ4v) is 1.74. The summed E-state index contributed by atoms with van der Waals surface area (Å²) in [5.41, 5.74) is 1.72. The van der Waals surface area contributed by atoms with Crippen molar-refractivity contribution < 1.29 is 14.3 Å². The van der Waals surface area contributed by atoms with Crippen molar-refractivity contribution in [2.45, 2.75) is 33.2 Å². The molecule has 0 aliphatic heterocycles. The number of benzene rings is 1. The molecule has 0 bridgehead atoms. The third kappa shape index (κ3) is 4.09. The largest absolute Gasteiger partial charge is 0.467 e. The Labute approximate surface area is 114 Å². The Kier molecular flexibility index (Phi) is 5.55. The van der Waals surface area contributed by atoms with E-state index in [4.69, 9.17) is 4.74 Å². The maximum Gasteiger partial charge on any atom is 0.328 e. The second-order valence-corrected chi connectivity index (χ2v) is 4.77. The average molecular weight is 263 g/mol. The van der Waals surface area contributed by atoms with Gasteiger partial charge in [-0.2, -0.15) is 0 Å². The number of amides is 1. The SMILES string of the molecule is CCc1ccc(C(=O)NC(C(=O)OC)C(C)C)cc1. The van der Waals surface area contributed by atoms with Crippen molar-refractivity contribution >= 4 is 11.9 Å². The molecule has 0 saturated carbocycles. The van der Waals surface area contributed by atoms with E-state index in [1.54, 1.807) is 12.1 Å². The minimum Gasteiger partial charge on any atom is -0.467 e. The molecule has 0 radical (unpaired) electrons. The van der Waals surface area contributed by atoms with Crippen LogP contribution in [-0.2, 0) is 16.0 Å². The van der Waals surface area contributed by atoms with Crippen molar-refractivity contribution in [3.8, 4) is 0 Å². The number of nitrogens with one attached hydrogen (secondary N) is 1. The van der Waals surface area contributed by atoms with Gasteiger partial charge in [0.1, 0.15) is 6.04 Å². The van der Waals surface area contributed by atoms with Gasteiger partial charge >= 0.3 is 5.97 Å². The number of hydrogen-bond donors (Lipinski definition) is 1. The first-order valence-electron chi connectivity index (χ1n) is 6.47. The topological polar surface area (TPSA) is 55.4 Å². The van der Waals surface area contributed by atoms with Crippen molar-refractivity contribution in [3.63, 3.8) is 0 Å². The second kappa shape index (κ2) is 6.92. The molecule has 104 valence electrons. The molecule has 0 spiro atoms. The Morgan fingerprint density at radius 2 is 1.79 bits per heavy atom. The summed E-state index contributed by atoms with van der Waals surface area (Å²) in [5, 5.41) is 2.71. The van der Waals surface area contributed by atoms with Gasteiger partial charge in [-0.3, -0.25) is 4.79 Å². The molecule has 0 aromatic heterocycles. The lowest BCUT2D eigenvalue weighted by Gasteiger charge is -2.19. The van der Waals surface area contributed by atoms with Gasteiger partial charge in [-0.25, -0.2) is 4.79 Å². The maximum atomic E-state index is 12.1. The van der Waals surface area contributed by atoms with Gasteiger partial charge in [0.15, 0.2) is 0 Å². The zero-order chi connectivity index (χ0) is 14.4. The van der Waals surface area contributed by atoms with Gasteiger partial charge in [-0.1, -0.05) is 32.9 Å². The van der Waals surface area contributed by atoms with E-state index >= 15 is 0 Å². The predicted molar refractivity (Wildman–Crippen MR) is 73.9 cm³/mol. The Morgan fingerprint density at radius 3 is 2.21 bits per heavy atom. The maximum absolute atomic E-state index is 12.1. The van der Waals surface area contributed by atoms with Crippen LogP contribution in [-0.4, -0.2) is 25.0 Å². The van der Waals surface area contributed by atoms with Crippen LogP contribution in [0.15, 0.2) is 24.3 Å². The van der Waals surface area contributed by atoms with Crippen LogP contribution in [0.5, 0.6) is 0 Å². The summed E-state index contributed by atoms with van der Waals surface area (Å²) in [7, 11) is 1.32. The molecular weight excluding hydrogens is 242 g/mol. The Balaban J connectivity index is 2.78. The molecule has 4 heteroatoms. The highest BCUT2D eigenvalue weighted by molar-refractivity contribution is 5.96. The first kappa shape index (κ1) is 15.2. The van der Waals surface area contributed by atoms with Gasteiger partial charge < -0.3 is 10.1 Å². The first-order chi connectivity index (χ1) is 8.99. The Bertz CT molecular complexity index is 437. The third-order valence-corrected chi connectivity index (χ3v) is 3.03. The van der Waals surface area contributed by atoms with Crippen molar-refractivity contribution in [2.24, 2.45) is 5.92 Å². The van der Waals surface area contributed by atoms with Crippen LogP contribution in [0.2, 0.25) is 0 Å². The van der Waals surface area contributed by atoms with E-state index in [-0.39, 0.29) is 11.8 Å². The van der Waals surface area contributed by atoms with Crippen LogP contribution in [0.4, 0.5) is 0 Å². The van der Waals surface area contributed by atoms with Gasteiger partial charge in [-0.15, -0.1) is 0 Å². The minimum absolute atomic E-state index is 0.0219. The smallest absolute Gasteiger partial charge is 0.328 e. The summed E-state index contributed by atoms with van der Waals surface area (Å²) in [4.78, 5) is 23.6. The molecule has 0 aliphatic rings. The van der Waals surface area contributed by atoms with Gasteiger partial charge in [0.2, 0.25) is 0 Å². The summed E-state index contributed by atoms with van der Waals surface area (Å²) in [6.45, 7) is 5.78. The highest BCUT2D eigenvalue weighted by Gasteiger charge is 2.25. The van der Waals surface area contributed by atoms with E-state index in [2.05, 4.69) is 12.2 Å². The van der Waals surface area contributed by atoms with Gasteiger partial charge in [0.25, 0.3) is 5.91 Å². The number of carbonyl (C=O) groups excluding carboxylic acids is 2. The minimum atomic E-state index is -0.622. The zero-order valence-corrected chi connectivity index (χ0v) is 11.9. The molecule has 1 aromatic rings. The molecule has 0 heterocycles. The summed E-state index contributed by atoms with van der Waals surface area (Å²) >= 11 is 0. The molecule has 19 heavy (non-hydrogen) atoms. The quantitative estimate of drug-likeness (QED) is 0.828. The molecule has 4 nitrogen and oxygen atoms in total. The zero-order valence-electron chi connectivity index (χ0n) is 11.9. The van der Waals surface area contributed by atoms with Crippen molar-refractivity contribution in [1.82, 2.24) is 5.32 Å². The van der Waals surface area contributed by atoms with E-state index < -0.39 is 12.0 Å². The van der Waals surface area contributed by atoms with Crippen LogP contribution in [0, 0.1) is 5.92 Å². The van der Waals surface area contributed by atoms with E-state index in [0.717, 1.165) is 6.42 Å². The van der Waals surface area contributed by atoms with Gasteiger partial charge in [-0.05, 0) is 30.0 Å². The fourth-order valence-electron chi connectivity index (χ4n) is 1.74. The molecule has 1 N–H and O–H groups in total. The summed E-state index contributed by atoms with van der Waals surface area (Å²) in [5.74, 6) is -0.702. The molecule has 1 aromatic carbocycles. The van der Waals surface area contributed by atoms with Crippen LogP contribution in [0.3, 0.4) is 0 Å². The molecule has 0 aliphatic carbocycles. The lowest BCUT2D eigenvalue weighted by Crippen LogP contribution is -2.45. The number of esters is 1. The summed E-state index contributed by atoms with van der Waals surface area (Å²) in [6, 6.07) is 6.74. The molecule has 1 unspecified atom stereocenters. The molecule has 0 fully saturated rings. The number of methoxy groups -OCH3 is 1. The number of rotatable bonds is 5. The normalized spacial score (nSPS) is 12.1.